The van der Waals surface area contributed by atoms with E-state index in [1.165, 1.54) is 17.7 Å². The fourth-order valence-corrected chi connectivity index (χ4v) is 1.95. The summed E-state index contributed by atoms with van der Waals surface area (Å²) in [5, 5.41) is 7.42. The van der Waals surface area contributed by atoms with Crippen molar-refractivity contribution in [2.24, 2.45) is 11.7 Å². The van der Waals surface area contributed by atoms with Crippen LogP contribution in [0.15, 0.2) is 18.2 Å². The smallest absolute Gasteiger partial charge is 0.122 e. The highest BCUT2D eigenvalue weighted by Crippen LogP contribution is 2.21. The lowest BCUT2D eigenvalue weighted by Gasteiger charge is -2.24. The lowest BCUT2D eigenvalue weighted by Crippen LogP contribution is -2.24. The highest BCUT2D eigenvalue weighted by molar-refractivity contribution is 5.95. The summed E-state index contributed by atoms with van der Waals surface area (Å²) in [6.07, 6.45) is 1.19. The first-order valence-corrected chi connectivity index (χ1v) is 6.11. The molecule has 1 unspecified atom stereocenters. The van der Waals surface area contributed by atoms with Gasteiger partial charge >= 0.3 is 0 Å². The molecule has 0 aliphatic rings. The fraction of sp³-hybridized carbons (Fsp3) is 0.500. The zero-order chi connectivity index (χ0) is 13.0. The molecule has 0 spiro atoms. The standard InChI is InChI=1S/C14H23N3/c1-5-10(2)9-17(4)13-7-6-12(14(15)16)8-11(13)3/h6-8,10H,5,9H2,1-4H3,(H3,15,16). The van der Waals surface area contributed by atoms with Gasteiger partial charge in [-0.25, -0.2) is 0 Å². The summed E-state index contributed by atoms with van der Waals surface area (Å²) in [5.74, 6) is 0.816. The van der Waals surface area contributed by atoms with Crippen LogP contribution in [0.3, 0.4) is 0 Å². The summed E-state index contributed by atoms with van der Waals surface area (Å²) in [6.45, 7) is 7.59. The van der Waals surface area contributed by atoms with E-state index < -0.39 is 0 Å². The molecule has 0 amide bonds. The minimum atomic E-state index is 0.129. The van der Waals surface area contributed by atoms with E-state index in [0.29, 0.717) is 5.92 Å². The van der Waals surface area contributed by atoms with Crippen LogP contribution in [-0.2, 0) is 0 Å². The van der Waals surface area contributed by atoms with Crippen LogP contribution in [0.2, 0.25) is 0 Å². The van der Waals surface area contributed by atoms with Gasteiger partial charge in [0.05, 0.1) is 0 Å². The van der Waals surface area contributed by atoms with E-state index in [1.54, 1.807) is 0 Å². The summed E-state index contributed by atoms with van der Waals surface area (Å²) >= 11 is 0. The Hall–Kier alpha value is -1.51. The Morgan fingerprint density at radius 2 is 2.12 bits per heavy atom. The first-order valence-electron chi connectivity index (χ1n) is 6.11. The Morgan fingerprint density at radius 3 is 2.59 bits per heavy atom. The molecule has 3 nitrogen and oxygen atoms in total. The fourth-order valence-electron chi connectivity index (χ4n) is 1.95. The Bertz CT molecular complexity index is 398. The maximum Gasteiger partial charge on any atom is 0.122 e. The lowest BCUT2D eigenvalue weighted by molar-refractivity contribution is 0.559. The number of rotatable bonds is 5. The molecule has 0 fully saturated rings. The summed E-state index contributed by atoms with van der Waals surface area (Å²) in [4.78, 5) is 2.27. The average molecular weight is 233 g/mol. The number of nitrogens with zero attached hydrogens (tertiary/aromatic N) is 1. The van der Waals surface area contributed by atoms with Crippen molar-refractivity contribution in [1.82, 2.24) is 0 Å². The van der Waals surface area contributed by atoms with Gasteiger partial charge in [0.1, 0.15) is 5.84 Å². The molecule has 0 aliphatic heterocycles. The van der Waals surface area contributed by atoms with Crippen LogP contribution in [-0.4, -0.2) is 19.4 Å². The topological polar surface area (TPSA) is 53.1 Å². The molecular formula is C14H23N3. The monoisotopic (exact) mass is 233 g/mol. The number of hydrogen-bond donors (Lipinski definition) is 2. The molecule has 3 heteroatoms. The van der Waals surface area contributed by atoms with Gasteiger partial charge < -0.3 is 10.6 Å². The third-order valence-electron chi connectivity index (χ3n) is 3.20. The maximum absolute atomic E-state index is 7.42. The number of aryl methyl sites for hydroxylation is 1. The van der Waals surface area contributed by atoms with Gasteiger partial charge in [0.15, 0.2) is 0 Å². The Balaban J connectivity index is 2.88. The molecule has 0 bridgehead atoms. The molecule has 0 aliphatic carbocycles. The van der Waals surface area contributed by atoms with Gasteiger partial charge in [-0.1, -0.05) is 20.3 Å². The van der Waals surface area contributed by atoms with Gasteiger partial charge in [0.25, 0.3) is 0 Å². The van der Waals surface area contributed by atoms with Crippen molar-refractivity contribution >= 4 is 11.5 Å². The summed E-state index contributed by atoms with van der Waals surface area (Å²) < 4.78 is 0. The van der Waals surface area contributed by atoms with Crippen molar-refractivity contribution in [3.05, 3.63) is 29.3 Å². The molecule has 0 aromatic heterocycles. The first-order chi connectivity index (χ1) is 7.95. The van der Waals surface area contributed by atoms with E-state index in [9.17, 15) is 0 Å². The second-order valence-electron chi connectivity index (χ2n) is 4.81. The van der Waals surface area contributed by atoms with Crippen LogP contribution in [0.4, 0.5) is 5.69 Å². The molecule has 1 atom stereocenters. The van der Waals surface area contributed by atoms with Gasteiger partial charge in [-0.3, -0.25) is 5.41 Å². The number of nitrogens with one attached hydrogen (secondary N) is 1. The van der Waals surface area contributed by atoms with E-state index in [0.717, 1.165) is 12.1 Å². The Labute approximate surface area is 104 Å². The van der Waals surface area contributed by atoms with Crippen molar-refractivity contribution in [1.29, 1.82) is 5.41 Å². The highest BCUT2D eigenvalue weighted by Gasteiger charge is 2.09. The average Bonchev–Trinajstić information content (AvgIpc) is 2.28. The lowest BCUT2D eigenvalue weighted by atomic mass is 10.1. The molecule has 94 valence electrons. The van der Waals surface area contributed by atoms with Gasteiger partial charge in [-0.05, 0) is 36.6 Å². The third-order valence-corrected chi connectivity index (χ3v) is 3.20. The zero-order valence-corrected chi connectivity index (χ0v) is 11.2. The zero-order valence-electron chi connectivity index (χ0n) is 11.2. The molecule has 1 aromatic rings. The Kier molecular flexibility index (Phi) is 4.55. The molecule has 0 heterocycles. The minimum absolute atomic E-state index is 0.129. The second-order valence-corrected chi connectivity index (χ2v) is 4.81. The number of hydrogen-bond acceptors (Lipinski definition) is 2. The SMILES string of the molecule is CCC(C)CN(C)c1ccc(C(=N)N)cc1C. The summed E-state index contributed by atoms with van der Waals surface area (Å²) in [7, 11) is 2.11. The van der Waals surface area contributed by atoms with Crippen LogP contribution in [0.5, 0.6) is 0 Å². The number of nitrogens with two attached hydrogens (primary N) is 1. The van der Waals surface area contributed by atoms with Gasteiger partial charge in [0.2, 0.25) is 0 Å². The van der Waals surface area contributed by atoms with Crippen LogP contribution in [0.25, 0.3) is 0 Å². The Morgan fingerprint density at radius 1 is 1.47 bits per heavy atom. The minimum Gasteiger partial charge on any atom is -0.384 e. The molecule has 17 heavy (non-hydrogen) atoms. The van der Waals surface area contributed by atoms with Crippen molar-refractivity contribution in [3.8, 4) is 0 Å². The van der Waals surface area contributed by atoms with E-state index in [-0.39, 0.29) is 5.84 Å². The van der Waals surface area contributed by atoms with E-state index in [1.807, 2.05) is 12.1 Å². The van der Waals surface area contributed by atoms with Crippen LogP contribution < -0.4 is 10.6 Å². The van der Waals surface area contributed by atoms with E-state index >= 15 is 0 Å². The van der Waals surface area contributed by atoms with E-state index in [2.05, 4.69) is 38.8 Å². The third kappa shape index (κ3) is 3.48. The quantitative estimate of drug-likeness (QED) is 0.607. The van der Waals surface area contributed by atoms with E-state index in [4.69, 9.17) is 11.1 Å². The predicted molar refractivity (Wildman–Crippen MR) is 74.9 cm³/mol. The molecule has 0 radical (unpaired) electrons. The highest BCUT2D eigenvalue weighted by atomic mass is 15.1. The first kappa shape index (κ1) is 13.6. The molecule has 1 aromatic carbocycles. The number of nitrogen functional groups attached to an aromatic ring is 1. The number of anilines is 1. The number of benzene rings is 1. The van der Waals surface area contributed by atoms with Gasteiger partial charge in [-0.15, -0.1) is 0 Å². The molecule has 0 saturated heterocycles. The number of amidine groups is 1. The summed E-state index contributed by atoms with van der Waals surface area (Å²) in [6, 6.07) is 5.94. The molecule has 1 rings (SSSR count). The van der Waals surface area contributed by atoms with Crippen LogP contribution in [0, 0.1) is 18.3 Å². The molecule has 3 N–H and O–H groups in total. The van der Waals surface area contributed by atoms with Gasteiger partial charge in [-0.2, -0.15) is 0 Å². The van der Waals surface area contributed by atoms with Crippen LogP contribution in [0.1, 0.15) is 31.4 Å². The summed E-state index contributed by atoms with van der Waals surface area (Å²) in [5.41, 5.74) is 8.66. The van der Waals surface area contributed by atoms with Gasteiger partial charge in [0, 0.05) is 24.8 Å². The molecule has 0 saturated carbocycles. The van der Waals surface area contributed by atoms with Crippen molar-refractivity contribution in [2.45, 2.75) is 27.2 Å². The molecular weight excluding hydrogens is 210 g/mol. The van der Waals surface area contributed by atoms with Crippen LogP contribution >= 0.6 is 0 Å². The normalized spacial score (nSPS) is 12.2. The largest absolute Gasteiger partial charge is 0.384 e. The van der Waals surface area contributed by atoms with Crippen molar-refractivity contribution < 1.29 is 0 Å². The van der Waals surface area contributed by atoms with Crippen molar-refractivity contribution in [3.63, 3.8) is 0 Å². The van der Waals surface area contributed by atoms with Crippen molar-refractivity contribution in [2.75, 3.05) is 18.5 Å². The predicted octanol–water partition coefficient (Wildman–Crippen LogP) is 2.76. The second kappa shape index (κ2) is 5.71. The maximum atomic E-state index is 7.42.